The zero-order chi connectivity index (χ0) is 24.6. The highest BCUT2D eigenvalue weighted by Crippen LogP contribution is 2.37. The fraction of sp³-hybridized carbons (Fsp3) is 0.250. The Bertz CT molecular complexity index is 1380. The molecular weight excluding hydrogens is 477 g/mol. The molecule has 1 amide bonds. The fourth-order valence-electron chi connectivity index (χ4n) is 3.86. The molecule has 1 fully saturated rings. The number of amides is 1. The second kappa shape index (κ2) is 9.23. The predicted octanol–water partition coefficient (Wildman–Crippen LogP) is 4.78. The van der Waals surface area contributed by atoms with Crippen molar-refractivity contribution in [2.75, 3.05) is 43.4 Å². The van der Waals surface area contributed by atoms with Crippen molar-refractivity contribution >= 4 is 39.7 Å². The van der Waals surface area contributed by atoms with Gasteiger partial charge >= 0.3 is 6.18 Å². The Morgan fingerprint density at radius 3 is 2.51 bits per heavy atom. The van der Waals surface area contributed by atoms with Crippen LogP contribution in [0.2, 0.25) is 0 Å². The lowest BCUT2D eigenvalue weighted by atomic mass is 10.1. The molecule has 5 rings (SSSR count). The highest BCUT2D eigenvalue weighted by molar-refractivity contribution is 7.15. The van der Waals surface area contributed by atoms with Gasteiger partial charge in [0.25, 0.3) is 5.91 Å². The maximum absolute atomic E-state index is 12.9. The van der Waals surface area contributed by atoms with Crippen molar-refractivity contribution in [2.24, 2.45) is 0 Å². The number of piperazine rings is 1. The molecule has 0 radical (unpaired) electrons. The molecule has 11 heteroatoms. The topological polar surface area (TPSA) is 74.2 Å². The number of alkyl halides is 3. The largest absolute Gasteiger partial charge is 0.443 e. The molecule has 4 aromatic rings. The van der Waals surface area contributed by atoms with Crippen molar-refractivity contribution in [2.45, 2.75) is 6.18 Å². The highest BCUT2D eigenvalue weighted by Gasteiger charge is 2.34. The molecule has 35 heavy (non-hydrogen) atoms. The normalized spacial score (nSPS) is 14.9. The van der Waals surface area contributed by atoms with E-state index in [1.54, 1.807) is 48.8 Å². The van der Waals surface area contributed by atoms with Crippen LogP contribution in [0, 0.1) is 0 Å². The third kappa shape index (κ3) is 5.10. The first-order chi connectivity index (χ1) is 16.8. The van der Waals surface area contributed by atoms with Gasteiger partial charge in [-0.1, -0.05) is 12.1 Å². The van der Waals surface area contributed by atoms with Crippen LogP contribution in [-0.4, -0.2) is 59.0 Å². The number of benzene rings is 1. The molecule has 3 aromatic heterocycles. The number of hydrogen-bond donors (Lipinski definition) is 1. The van der Waals surface area contributed by atoms with E-state index in [9.17, 15) is 18.0 Å². The second-order valence-corrected chi connectivity index (χ2v) is 9.34. The van der Waals surface area contributed by atoms with E-state index in [4.69, 9.17) is 0 Å². The van der Waals surface area contributed by atoms with Crippen LogP contribution in [0.25, 0.3) is 21.2 Å². The Hall–Kier alpha value is -3.57. The summed E-state index contributed by atoms with van der Waals surface area (Å²) in [6.07, 6.45) is -0.0179. The summed E-state index contributed by atoms with van der Waals surface area (Å²) in [5.74, 6) is 0.783. The minimum atomic E-state index is -4.47. The van der Waals surface area contributed by atoms with Gasteiger partial charge in [0.1, 0.15) is 11.6 Å². The van der Waals surface area contributed by atoms with Gasteiger partial charge in [-0.3, -0.25) is 4.79 Å². The molecule has 0 spiro atoms. The molecule has 0 bridgehead atoms. The number of thiazole rings is 1. The monoisotopic (exact) mass is 498 g/mol. The number of carbonyl (C=O) groups is 1. The average Bonchev–Trinajstić information content (AvgIpc) is 3.35. The van der Waals surface area contributed by atoms with Crippen LogP contribution in [-0.2, 0) is 6.18 Å². The standard InChI is InChI=1S/C24H21F3N6OS/c1-32-6-8-33(9-7-32)21-12-16(4-5-28-21)22(34)31-20-11-18-10-15(2-3-17(18)13-29-20)19-14-30-23(35-19)24(25,26)27/h2-5,10-14H,6-9H2,1H3,(H,29,31,34). The SMILES string of the molecule is CN1CCN(c2cc(C(=O)Nc3cc4cc(-c5cnc(C(F)(F)F)s5)ccc4cn3)ccn2)CC1. The first kappa shape index (κ1) is 23.2. The van der Waals surface area contributed by atoms with E-state index in [0.717, 1.165) is 42.8 Å². The number of rotatable bonds is 4. The number of nitrogens with one attached hydrogen (secondary N) is 1. The fourth-order valence-corrected chi connectivity index (χ4v) is 4.64. The number of nitrogens with zero attached hydrogens (tertiary/aromatic N) is 5. The first-order valence-corrected chi connectivity index (χ1v) is 11.7. The summed E-state index contributed by atoms with van der Waals surface area (Å²) in [7, 11) is 2.07. The number of aromatic nitrogens is 3. The summed E-state index contributed by atoms with van der Waals surface area (Å²) in [4.78, 5) is 29.9. The molecule has 1 aliphatic heterocycles. The number of anilines is 2. The molecule has 0 aliphatic carbocycles. The molecule has 1 saturated heterocycles. The highest BCUT2D eigenvalue weighted by atomic mass is 32.1. The van der Waals surface area contributed by atoms with E-state index in [-0.39, 0.29) is 5.91 Å². The number of carbonyl (C=O) groups excluding carboxylic acids is 1. The molecule has 1 aliphatic rings. The molecule has 0 unspecified atom stereocenters. The third-order valence-electron chi connectivity index (χ3n) is 5.83. The molecule has 1 N–H and O–H groups in total. The number of halogens is 3. The van der Waals surface area contributed by atoms with Gasteiger partial charge in [-0.25, -0.2) is 15.0 Å². The average molecular weight is 499 g/mol. The lowest BCUT2D eigenvalue weighted by Crippen LogP contribution is -2.44. The maximum atomic E-state index is 12.9. The van der Waals surface area contributed by atoms with Crippen LogP contribution in [0.4, 0.5) is 24.8 Å². The maximum Gasteiger partial charge on any atom is 0.443 e. The molecule has 0 saturated carbocycles. The summed E-state index contributed by atoms with van der Waals surface area (Å²) >= 11 is 0.593. The summed E-state index contributed by atoms with van der Waals surface area (Å²) < 4.78 is 38.8. The van der Waals surface area contributed by atoms with E-state index in [1.165, 1.54) is 6.20 Å². The molecule has 4 heterocycles. The molecule has 0 atom stereocenters. The van der Waals surface area contributed by atoms with Crippen molar-refractivity contribution < 1.29 is 18.0 Å². The number of hydrogen-bond acceptors (Lipinski definition) is 7. The summed E-state index contributed by atoms with van der Waals surface area (Å²) in [6.45, 7) is 3.54. The number of pyridine rings is 2. The predicted molar refractivity (Wildman–Crippen MR) is 130 cm³/mol. The minimum Gasteiger partial charge on any atom is -0.354 e. The van der Waals surface area contributed by atoms with E-state index >= 15 is 0 Å². The Balaban J connectivity index is 1.35. The van der Waals surface area contributed by atoms with Gasteiger partial charge in [0.15, 0.2) is 5.01 Å². The van der Waals surface area contributed by atoms with Gasteiger partial charge in [-0.15, -0.1) is 11.3 Å². The van der Waals surface area contributed by atoms with Crippen LogP contribution in [0.3, 0.4) is 0 Å². The Morgan fingerprint density at radius 1 is 0.971 bits per heavy atom. The van der Waals surface area contributed by atoms with Crippen molar-refractivity contribution in [3.05, 3.63) is 65.6 Å². The van der Waals surface area contributed by atoms with Crippen LogP contribution in [0.15, 0.2) is 55.0 Å². The van der Waals surface area contributed by atoms with Crippen LogP contribution < -0.4 is 10.2 Å². The Labute approximate surface area is 203 Å². The molecular formula is C24H21F3N6OS. The lowest BCUT2D eigenvalue weighted by molar-refractivity contribution is -0.137. The van der Waals surface area contributed by atoms with E-state index in [0.29, 0.717) is 33.2 Å². The van der Waals surface area contributed by atoms with E-state index in [1.807, 2.05) is 0 Å². The van der Waals surface area contributed by atoms with Crippen molar-refractivity contribution in [1.82, 2.24) is 19.9 Å². The smallest absolute Gasteiger partial charge is 0.354 e. The summed E-state index contributed by atoms with van der Waals surface area (Å²) in [5, 5.41) is 3.46. The van der Waals surface area contributed by atoms with Crippen molar-refractivity contribution in [3.63, 3.8) is 0 Å². The molecule has 180 valence electrons. The second-order valence-electron chi connectivity index (χ2n) is 8.31. The van der Waals surface area contributed by atoms with Crippen LogP contribution in [0.1, 0.15) is 15.4 Å². The Morgan fingerprint density at radius 2 is 1.77 bits per heavy atom. The quantitative estimate of drug-likeness (QED) is 0.437. The van der Waals surface area contributed by atoms with Crippen LogP contribution in [0.5, 0.6) is 0 Å². The zero-order valence-electron chi connectivity index (χ0n) is 18.7. The van der Waals surface area contributed by atoms with Crippen molar-refractivity contribution in [1.29, 1.82) is 0 Å². The number of likely N-dealkylation sites (N-methyl/N-ethyl adjacent to an activating group) is 1. The van der Waals surface area contributed by atoms with Crippen LogP contribution >= 0.6 is 11.3 Å². The summed E-state index contributed by atoms with van der Waals surface area (Å²) in [5.41, 5.74) is 1.08. The van der Waals surface area contributed by atoms with Gasteiger partial charge in [-0.05, 0) is 42.3 Å². The van der Waals surface area contributed by atoms with Gasteiger partial charge < -0.3 is 15.1 Å². The Kier molecular flexibility index (Phi) is 6.12. The van der Waals surface area contributed by atoms with Gasteiger partial charge in [-0.2, -0.15) is 13.2 Å². The van der Waals surface area contributed by atoms with E-state index in [2.05, 4.69) is 37.1 Å². The minimum absolute atomic E-state index is 0.317. The van der Waals surface area contributed by atoms with E-state index < -0.39 is 11.2 Å². The third-order valence-corrected chi connectivity index (χ3v) is 6.92. The van der Waals surface area contributed by atoms with Crippen molar-refractivity contribution in [3.8, 4) is 10.4 Å². The van der Waals surface area contributed by atoms with Gasteiger partial charge in [0.2, 0.25) is 0 Å². The molecule has 7 nitrogen and oxygen atoms in total. The first-order valence-electron chi connectivity index (χ1n) is 10.9. The summed E-state index contributed by atoms with van der Waals surface area (Å²) in [6, 6.07) is 10.4. The van der Waals surface area contributed by atoms with Gasteiger partial charge in [0.05, 0.1) is 4.88 Å². The zero-order valence-corrected chi connectivity index (χ0v) is 19.5. The molecule has 1 aromatic carbocycles. The number of fused-ring (bicyclic) bond motifs is 1. The van der Waals surface area contributed by atoms with Gasteiger partial charge in [0, 0.05) is 55.7 Å². The lowest BCUT2D eigenvalue weighted by Gasteiger charge is -2.33.